The highest BCUT2D eigenvalue weighted by Crippen LogP contribution is 2.23. The van der Waals surface area contributed by atoms with E-state index < -0.39 is 15.9 Å². The minimum Gasteiger partial charge on any atom is -0.274 e. The molecule has 2 N–H and O–H groups in total. The number of carbonyl (C=O) groups is 1. The second-order valence-electron chi connectivity index (χ2n) is 5.91. The molecule has 0 radical (unpaired) electrons. The average molecular weight is 384 g/mol. The normalized spacial score (nSPS) is 11.3. The average Bonchev–Trinajstić information content (AvgIpc) is 3.13. The number of nitrogens with zero attached hydrogens (tertiary/aromatic N) is 2. The van der Waals surface area contributed by atoms with E-state index in [2.05, 4.69) is 15.4 Å². The Kier molecular flexibility index (Phi) is 5.68. The van der Waals surface area contributed by atoms with Gasteiger partial charge >= 0.3 is 0 Å². The first-order chi connectivity index (χ1) is 13.0. The van der Waals surface area contributed by atoms with Gasteiger partial charge in [0.1, 0.15) is 5.69 Å². The van der Waals surface area contributed by atoms with Crippen LogP contribution >= 0.6 is 0 Å². The molecule has 1 aromatic heterocycles. The van der Waals surface area contributed by atoms with Gasteiger partial charge in [0.05, 0.1) is 17.0 Å². The minimum atomic E-state index is -3.57. The van der Waals surface area contributed by atoms with E-state index in [-0.39, 0.29) is 11.3 Å². The van der Waals surface area contributed by atoms with Crippen molar-refractivity contribution in [2.24, 2.45) is 0 Å². The fourth-order valence-corrected chi connectivity index (χ4v) is 3.46. The van der Waals surface area contributed by atoms with Gasteiger partial charge in [-0.1, -0.05) is 55.5 Å². The Labute approximate surface area is 158 Å². The lowest BCUT2D eigenvalue weighted by Gasteiger charge is -2.07. The van der Waals surface area contributed by atoms with E-state index in [1.54, 1.807) is 17.8 Å². The molecule has 0 atom stereocenters. The van der Waals surface area contributed by atoms with Gasteiger partial charge in [-0.25, -0.2) is 13.1 Å². The smallest absolute Gasteiger partial charge is 0.270 e. The summed E-state index contributed by atoms with van der Waals surface area (Å²) in [7, 11) is -3.57. The van der Waals surface area contributed by atoms with Gasteiger partial charge in [-0.15, -0.1) is 4.83 Å². The molecule has 27 heavy (non-hydrogen) atoms. The number of rotatable bonds is 7. The summed E-state index contributed by atoms with van der Waals surface area (Å²) in [4.78, 5) is 14.8. The van der Waals surface area contributed by atoms with Gasteiger partial charge in [0.2, 0.25) is 10.0 Å². The Bertz CT molecular complexity index is 1020. The van der Waals surface area contributed by atoms with Crippen LogP contribution in [0.25, 0.3) is 16.9 Å². The topological polar surface area (TPSA) is 93.1 Å². The standard InChI is InChI=1S/C19H20N4O3S/c1-2-13-27(25,26)22-20-19(24)17-14-23(16-11-7-4-8-12-16)21-18(17)15-9-5-3-6-10-15/h3-12,14,22H,2,13H2,1H3,(H,20,24). The highest BCUT2D eigenvalue weighted by atomic mass is 32.2. The molecular formula is C19H20N4O3S. The summed E-state index contributed by atoms with van der Waals surface area (Å²) in [6.45, 7) is 1.75. The zero-order valence-corrected chi connectivity index (χ0v) is 15.6. The fourth-order valence-electron chi connectivity index (χ4n) is 2.57. The molecule has 3 rings (SSSR count). The van der Waals surface area contributed by atoms with E-state index in [9.17, 15) is 13.2 Å². The molecule has 0 aliphatic heterocycles. The van der Waals surface area contributed by atoms with E-state index in [4.69, 9.17) is 0 Å². The summed E-state index contributed by atoms with van der Waals surface area (Å²) in [5.41, 5.74) is 4.55. The van der Waals surface area contributed by atoms with E-state index in [1.165, 1.54) is 0 Å². The van der Waals surface area contributed by atoms with Crippen LogP contribution in [-0.4, -0.2) is 29.9 Å². The van der Waals surface area contributed by atoms with Gasteiger partial charge in [0.15, 0.2) is 0 Å². The zero-order valence-electron chi connectivity index (χ0n) is 14.8. The SMILES string of the molecule is CCCS(=O)(=O)NNC(=O)c1cn(-c2ccccc2)nc1-c1ccccc1. The number of para-hydroxylation sites is 1. The molecule has 0 saturated heterocycles. The maximum atomic E-state index is 12.6. The molecule has 0 aliphatic rings. The summed E-state index contributed by atoms with van der Waals surface area (Å²) in [5, 5.41) is 4.53. The molecule has 3 aromatic rings. The van der Waals surface area contributed by atoms with Crippen LogP contribution in [0.5, 0.6) is 0 Å². The van der Waals surface area contributed by atoms with E-state index in [0.29, 0.717) is 12.1 Å². The van der Waals surface area contributed by atoms with E-state index in [1.807, 2.05) is 60.7 Å². The first-order valence-corrected chi connectivity index (χ1v) is 10.2. The number of aromatic nitrogens is 2. The Morgan fingerprint density at radius 1 is 1.04 bits per heavy atom. The predicted octanol–water partition coefficient (Wildman–Crippen LogP) is 2.51. The summed E-state index contributed by atoms with van der Waals surface area (Å²) >= 11 is 0. The van der Waals surface area contributed by atoms with Crippen molar-refractivity contribution in [2.45, 2.75) is 13.3 Å². The van der Waals surface area contributed by atoms with Crippen molar-refractivity contribution >= 4 is 15.9 Å². The second-order valence-corrected chi connectivity index (χ2v) is 7.75. The first-order valence-electron chi connectivity index (χ1n) is 8.50. The number of benzene rings is 2. The van der Waals surface area contributed by atoms with Crippen LogP contribution in [-0.2, 0) is 10.0 Å². The van der Waals surface area contributed by atoms with Gasteiger partial charge in [0.25, 0.3) is 5.91 Å². The Balaban J connectivity index is 1.95. The number of carbonyl (C=O) groups excluding carboxylic acids is 1. The highest BCUT2D eigenvalue weighted by Gasteiger charge is 2.20. The molecule has 8 heteroatoms. The van der Waals surface area contributed by atoms with Gasteiger partial charge < -0.3 is 0 Å². The largest absolute Gasteiger partial charge is 0.274 e. The molecule has 140 valence electrons. The highest BCUT2D eigenvalue weighted by molar-refractivity contribution is 7.89. The molecule has 0 aliphatic carbocycles. The van der Waals surface area contributed by atoms with Crippen molar-refractivity contribution in [2.75, 3.05) is 5.75 Å². The molecule has 7 nitrogen and oxygen atoms in total. The lowest BCUT2D eigenvalue weighted by molar-refractivity contribution is 0.0945. The summed E-state index contributed by atoms with van der Waals surface area (Å²) < 4.78 is 25.2. The molecule has 1 amide bonds. The van der Waals surface area contributed by atoms with Gasteiger partial charge in [-0.05, 0) is 18.6 Å². The second kappa shape index (κ2) is 8.15. The van der Waals surface area contributed by atoms with Crippen molar-refractivity contribution in [1.82, 2.24) is 20.0 Å². The lowest BCUT2D eigenvalue weighted by Crippen LogP contribution is -2.42. The zero-order chi connectivity index (χ0) is 19.3. The summed E-state index contributed by atoms with van der Waals surface area (Å²) in [6, 6.07) is 18.6. The predicted molar refractivity (Wildman–Crippen MR) is 104 cm³/mol. The Morgan fingerprint density at radius 3 is 2.30 bits per heavy atom. The third kappa shape index (κ3) is 4.60. The van der Waals surface area contributed by atoms with Crippen molar-refractivity contribution in [3.05, 3.63) is 72.4 Å². The van der Waals surface area contributed by atoms with Crippen molar-refractivity contribution < 1.29 is 13.2 Å². The number of hydrogen-bond acceptors (Lipinski definition) is 4. The molecule has 0 spiro atoms. The summed E-state index contributed by atoms with van der Waals surface area (Å²) in [5.74, 6) is -0.641. The Hall–Kier alpha value is -2.97. The molecule has 0 bridgehead atoms. The van der Waals surface area contributed by atoms with Crippen LogP contribution in [0.4, 0.5) is 0 Å². The van der Waals surface area contributed by atoms with Crippen molar-refractivity contribution in [3.8, 4) is 16.9 Å². The van der Waals surface area contributed by atoms with Crippen LogP contribution in [0.2, 0.25) is 0 Å². The Morgan fingerprint density at radius 2 is 1.67 bits per heavy atom. The summed E-state index contributed by atoms with van der Waals surface area (Å²) in [6.07, 6.45) is 2.04. The first kappa shape index (κ1) is 18.8. The van der Waals surface area contributed by atoms with E-state index >= 15 is 0 Å². The number of hydrogen-bond donors (Lipinski definition) is 2. The van der Waals surface area contributed by atoms with Crippen LogP contribution in [0.15, 0.2) is 66.9 Å². The van der Waals surface area contributed by atoms with Gasteiger partial charge in [-0.2, -0.15) is 5.10 Å². The number of nitrogens with one attached hydrogen (secondary N) is 2. The number of amides is 1. The maximum Gasteiger partial charge on any atom is 0.270 e. The number of hydrazine groups is 1. The van der Waals surface area contributed by atoms with Crippen molar-refractivity contribution in [1.29, 1.82) is 0 Å². The fraction of sp³-hybridized carbons (Fsp3) is 0.158. The van der Waals surface area contributed by atoms with Crippen LogP contribution in [0.3, 0.4) is 0 Å². The molecular weight excluding hydrogens is 364 g/mol. The van der Waals surface area contributed by atoms with Crippen LogP contribution < -0.4 is 10.3 Å². The molecule has 0 unspecified atom stereocenters. The minimum absolute atomic E-state index is 0.0674. The van der Waals surface area contributed by atoms with Crippen molar-refractivity contribution in [3.63, 3.8) is 0 Å². The van der Waals surface area contributed by atoms with Gasteiger partial charge in [0, 0.05) is 11.8 Å². The third-order valence-electron chi connectivity index (χ3n) is 3.82. The molecule has 1 heterocycles. The third-order valence-corrected chi connectivity index (χ3v) is 5.18. The maximum absolute atomic E-state index is 12.6. The molecule has 0 fully saturated rings. The molecule has 0 saturated carbocycles. The lowest BCUT2D eigenvalue weighted by atomic mass is 10.1. The quantitative estimate of drug-likeness (QED) is 0.612. The van der Waals surface area contributed by atoms with E-state index in [0.717, 1.165) is 11.3 Å². The van der Waals surface area contributed by atoms with Gasteiger partial charge in [-0.3, -0.25) is 10.2 Å². The van der Waals surface area contributed by atoms with Crippen LogP contribution in [0, 0.1) is 0 Å². The molecule has 2 aromatic carbocycles. The monoisotopic (exact) mass is 384 g/mol. The number of sulfonamides is 1. The van der Waals surface area contributed by atoms with Crippen LogP contribution in [0.1, 0.15) is 23.7 Å².